The number of hydrogen-bond acceptors (Lipinski definition) is 2. The van der Waals surface area contributed by atoms with Crippen molar-refractivity contribution in [3.63, 3.8) is 0 Å². The van der Waals surface area contributed by atoms with Crippen LogP contribution in [-0.4, -0.2) is 22.8 Å². The quantitative estimate of drug-likeness (QED) is 0.673. The van der Waals surface area contributed by atoms with E-state index in [-0.39, 0.29) is 27.0 Å². The van der Waals surface area contributed by atoms with Crippen LogP contribution in [0.4, 0.5) is 22.0 Å². The summed E-state index contributed by atoms with van der Waals surface area (Å²) in [5.74, 6) is -3.10. The molecule has 3 rings (SSSR count). The van der Waals surface area contributed by atoms with Gasteiger partial charge >= 0.3 is 6.18 Å². The molecule has 24 heavy (non-hydrogen) atoms. The Bertz CT molecular complexity index is 780. The Labute approximate surface area is 142 Å². The lowest BCUT2D eigenvalue weighted by Gasteiger charge is -2.18. The second-order valence-electron chi connectivity index (χ2n) is 5.32. The molecule has 0 spiro atoms. The van der Waals surface area contributed by atoms with E-state index in [1.165, 1.54) is 6.20 Å². The highest BCUT2D eigenvalue weighted by molar-refractivity contribution is 6.37. The second-order valence-corrected chi connectivity index (χ2v) is 6.13. The third kappa shape index (κ3) is 2.76. The van der Waals surface area contributed by atoms with E-state index in [1.807, 2.05) is 0 Å². The predicted octanol–water partition coefficient (Wildman–Crippen LogP) is 5.08. The number of halogens is 7. The minimum absolute atomic E-state index is 0.0149. The molecule has 3 nitrogen and oxygen atoms in total. The van der Waals surface area contributed by atoms with Gasteiger partial charge in [0.2, 0.25) is 0 Å². The SMILES string of the molecule is COC1c2cn(-c3c(Cl)cc(C(F)(F)F)cc3Cl)nc2CC1(F)F. The van der Waals surface area contributed by atoms with Gasteiger partial charge in [0.25, 0.3) is 5.92 Å². The first kappa shape index (κ1) is 17.4. The Morgan fingerprint density at radius 3 is 2.33 bits per heavy atom. The molecule has 1 aromatic carbocycles. The molecule has 1 aliphatic rings. The molecule has 0 amide bonds. The number of nitrogens with zero attached hydrogens (tertiary/aromatic N) is 2. The van der Waals surface area contributed by atoms with E-state index in [9.17, 15) is 22.0 Å². The zero-order valence-corrected chi connectivity index (χ0v) is 13.5. The van der Waals surface area contributed by atoms with Crippen LogP contribution in [0.25, 0.3) is 5.69 Å². The number of benzene rings is 1. The zero-order valence-electron chi connectivity index (χ0n) is 12.0. The summed E-state index contributed by atoms with van der Waals surface area (Å²) in [6, 6.07) is 1.41. The first-order valence-corrected chi connectivity index (χ1v) is 7.36. The first-order chi connectivity index (χ1) is 11.0. The lowest BCUT2D eigenvalue weighted by molar-refractivity contribution is -0.137. The van der Waals surface area contributed by atoms with E-state index in [2.05, 4.69) is 5.10 Å². The fourth-order valence-electron chi connectivity index (χ4n) is 2.68. The van der Waals surface area contributed by atoms with Crippen molar-refractivity contribution >= 4 is 23.2 Å². The van der Waals surface area contributed by atoms with Crippen LogP contribution in [0, 0.1) is 0 Å². The third-order valence-corrected chi connectivity index (χ3v) is 4.28. The van der Waals surface area contributed by atoms with Crippen molar-refractivity contribution in [3.05, 3.63) is 45.2 Å². The highest BCUT2D eigenvalue weighted by atomic mass is 35.5. The van der Waals surface area contributed by atoms with Crippen LogP contribution in [0.5, 0.6) is 0 Å². The molecule has 0 fully saturated rings. The zero-order chi connectivity index (χ0) is 17.9. The van der Waals surface area contributed by atoms with Gasteiger partial charge in [0, 0.05) is 18.9 Å². The van der Waals surface area contributed by atoms with Crippen LogP contribution in [0.2, 0.25) is 10.0 Å². The number of rotatable bonds is 2. The smallest absolute Gasteiger partial charge is 0.370 e. The van der Waals surface area contributed by atoms with E-state index >= 15 is 0 Å². The standard InChI is InChI=1S/C14H9Cl2F5N2O/c1-24-12-7-5-23(22-10(7)4-13(12,17)18)11-8(15)2-6(3-9(11)16)14(19,20)21/h2-3,5,12H,4H2,1H3. The van der Waals surface area contributed by atoms with Crippen molar-refractivity contribution in [1.82, 2.24) is 9.78 Å². The van der Waals surface area contributed by atoms with Crippen LogP contribution in [0.1, 0.15) is 22.9 Å². The van der Waals surface area contributed by atoms with Gasteiger partial charge < -0.3 is 4.74 Å². The van der Waals surface area contributed by atoms with Crippen LogP contribution in [0.15, 0.2) is 18.3 Å². The molecule has 0 radical (unpaired) electrons. The van der Waals surface area contributed by atoms with Crippen LogP contribution < -0.4 is 0 Å². The van der Waals surface area contributed by atoms with Crippen molar-refractivity contribution < 1.29 is 26.7 Å². The van der Waals surface area contributed by atoms with E-state index in [0.717, 1.165) is 11.8 Å². The molecule has 0 bridgehead atoms. The average Bonchev–Trinajstić information content (AvgIpc) is 2.89. The van der Waals surface area contributed by atoms with Crippen LogP contribution in [0.3, 0.4) is 0 Å². The van der Waals surface area contributed by atoms with Gasteiger partial charge in [-0.15, -0.1) is 0 Å². The molecule has 1 unspecified atom stereocenters. The molecule has 1 atom stereocenters. The Balaban J connectivity index is 2.07. The maximum Gasteiger partial charge on any atom is 0.416 e. The monoisotopic (exact) mass is 386 g/mol. The Morgan fingerprint density at radius 1 is 1.25 bits per heavy atom. The molecule has 0 aliphatic heterocycles. The molecule has 0 saturated heterocycles. The second kappa shape index (κ2) is 5.57. The molecule has 0 saturated carbocycles. The largest absolute Gasteiger partial charge is 0.416 e. The van der Waals surface area contributed by atoms with E-state index in [1.54, 1.807) is 0 Å². The number of ether oxygens (including phenoxy) is 1. The summed E-state index contributed by atoms with van der Waals surface area (Å²) in [6.07, 6.45) is -5.48. The van der Waals surface area contributed by atoms with Gasteiger partial charge in [0.1, 0.15) is 11.8 Å². The van der Waals surface area contributed by atoms with Crippen molar-refractivity contribution in [3.8, 4) is 5.69 Å². The summed E-state index contributed by atoms with van der Waals surface area (Å²) in [4.78, 5) is 0. The topological polar surface area (TPSA) is 27.1 Å². The van der Waals surface area contributed by atoms with Crippen molar-refractivity contribution in [1.29, 1.82) is 0 Å². The van der Waals surface area contributed by atoms with Gasteiger partial charge in [-0.3, -0.25) is 0 Å². The summed E-state index contributed by atoms with van der Waals surface area (Å²) in [7, 11) is 1.14. The Hall–Kier alpha value is -1.38. The fraction of sp³-hybridized carbons (Fsp3) is 0.357. The minimum Gasteiger partial charge on any atom is -0.370 e. The highest BCUT2D eigenvalue weighted by Gasteiger charge is 2.50. The number of aromatic nitrogens is 2. The molecule has 130 valence electrons. The number of hydrogen-bond donors (Lipinski definition) is 0. The molecule has 1 aliphatic carbocycles. The summed E-state index contributed by atoms with van der Waals surface area (Å²) in [5.41, 5.74) is -0.797. The van der Waals surface area contributed by atoms with E-state index < -0.39 is 30.2 Å². The Morgan fingerprint density at radius 2 is 1.83 bits per heavy atom. The molecular formula is C14H9Cl2F5N2O. The lowest BCUT2D eigenvalue weighted by atomic mass is 10.2. The molecule has 0 N–H and O–H groups in total. The first-order valence-electron chi connectivity index (χ1n) is 6.60. The van der Waals surface area contributed by atoms with E-state index in [0.29, 0.717) is 12.1 Å². The maximum absolute atomic E-state index is 13.8. The molecule has 2 aromatic rings. The number of methoxy groups -OCH3 is 1. The summed E-state index contributed by atoms with van der Waals surface area (Å²) < 4.78 is 71.7. The number of fused-ring (bicyclic) bond motifs is 1. The van der Waals surface area contributed by atoms with Crippen molar-refractivity contribution in [2.75, 3.05) is 7.11 Å². The summed E-state index contributed by atoms with van der Waals surface area (Å²) >= 11 is 11.8. The van der Waals surface area contributed by atoms with Crippen molar-refractivity contribution in [2.24, 2.45) is 0 Å². The van der Waals surface area contributed by atoms with Crippen LogP contribution >= 0.6 is 23.2 Å². The predicted molar refractivity (Wildman–Crippen MR) is 77.0 cm³/mol. The van der Waals surface area contributed by atoms with Crippen LogP contribution in [-0.2, 0) is 17.3 Å². The van der Waals surface area contributed by atoms with E-state index in [4.69, 9.17) is 27.9 Å². The Kier molecular flexibility index (Phi) is 4.05. The molecule has 10 heteroatoms. The maximum atomic E-state index is 13.8. The molecule has 1 aromatic heterocycles. The average molecular weight is 387 g/mol. The minimum atomic E-state index is -4.61. The van der Waals surface area contributed by atoms with Gasteiger partial charge in [-0.05, 0) is 12.1 Å². The number of alkyl halides is 5. The van der Waals surface area contributed by atoms with Crippen molar-refractivity contribution in [2.45, 2.75) is 24.6 Å². The molecular weight excluding hydrogens is 378 g/mol. The normalized spacial score (nSPS) is 19.6. The fourth-order valence-corrected chi connectivity index (χ4v) is 3.35. The van der Waals surface area contributed by atoms with Gasteiger partial charge in [0.15, 0.2) is 0 Å². The third-order valence-electron chi connectivity index (χ3n) is 3.70. The van der Waals surface area contributed by atoms with Gasteiger partial charge in [0.05, 0.1) is 27.7 Å². The van der Waals surface area contributed by atoms with Gasteiger partial charge in [-0.25, -0.2) is 13.5 Å². The lowest BCUT2D eigenvalue weighted by Crippen LogP contribution is -2.24. The summed E-state index contributed by atoms with van der Waals surface area (Å²) in [5, 5.41) is 3.39. The van der Waals surface area contributed by atoms with Gasteiger partial charge in [-0.2, -0.15) is 18.3 Å². The molecule has 1 heterocycles. The highest BCUT2D eigenvalue weighted by Crippen LogP contribution is 2.45. The summed E-state index contributed by atoms with van der Waals surface area (Å²) in [6.45, 7) is 0. The van der Waals surface area contributed by atoms with Gasteiger partial charge in [-0.1, -0.05) is 23.2 Å².